The summed E-state index contributed by atoms with van der Waals surface area (Å²) in [5, 5.41) is 2.37. The van der Waals surface area contributed by atoms with Crippen molar-refractivity contribution in [3.8, 4) is 12.3 Å². The number of fused-ring (bicyclic) bond motifs is 1. The molecule has 0 saturated carbocycles. The molecule has 0 unspecified atom stereocenters. The van der Waals surface area contributed by atoms with Crippen molar-refractivity contribution in [1.29, 1.82) is 0 Å². The zero-order chi connectivity index (χ0) is 19.3. The third-order valence-corrected chi connectivity index (χ3v) is 3.84. The van der Waals surface area contributed by atoms with Gasteiger partial charge in [-0.05, 0) is 24.5 Å². The Morgan fingerprint density at radius 2 is 1.77 bits per heavy atom. The smallest absolute Gasteiger partial charge is 0.329 e. The van der Waals surface area contributed by atoms with E-state index in [1.165, 1.54) is 0 Å². The fraction of sp³-hybridized carbons (Fsp3) is 0.368. The van der Waals surface area contributed by atoms with Gasteiger partial charge < -0.3 is 10.1 Å². The van der Waals surface area contributed by atoms with Crippen LogP contribution in [0, 0.1) is 18.3 Å². The van der Waals surface area contributed by atoms with Gasteiger partial charge in [-0.1, -0.05) is 31.9 Å². The minimum absolute atomic E-state index is 0.0181. The monoisotopic (exact) mass is 356 g/mol. The fourth-order valence-electron chi connectivity index (χ4n) is 2.68. The molecule has 1 heterocycles. The first-order valence-corrected chi connectivity index (χ1v) is 8.20. The van der Waals surface area contributed by atoms with Crippen LogP contribution in [-0.2, 0) is 14.3 Å². The molecule has 0 fully saturated rings. The molecule has 1 aromatic carbocycles. The highest BCUT2D eigenvalue weighted by molar-refractivity contribution is 6.22. The van der Waals surface area contributed by atoms with Crippen LogP contribution in [0.1, 0.15) is 41.0 Å². The van der Waals surface area contributed by atoms with Gasteiger partial charge in [0, 0.05) is 0 Å². The lowest BCUT2D eigenvalue weighted by molar-refractivity contribution is -0.152. The number of carbonyl (C=O) groups is 4. The maximum absolute atomic E-state index is 12.6. The predicted octanol–water partition coefficient (Wildman–Crippen LogP) is 0.990. The summed E-state index contributed by atoms with van der Waals surface area (Å²) < 4.78 is 5.01. The normalized spacial score (nSPS) is 14.0. The summed E-state index contributed by atoms with van der Waals surface area (Å²) in [4.78, 5) is 50.2. The van der Waals surface area contributed by atoms with Gasteiger partial charge in [0.2, 0.25) is 0 Å². The van der Waals surface area contributed by atoms with Crippen molar-refractivity contribution in [2.45, 2.75) is 26.3 Å². The van der Waals surface area contributed by atoms with Crippen LogP contribution >= 0.6 is 0 Å². The number of esters is 1. The molecule has 26 heavy (non-hydrogen) atoms. The minimum atomic E-state index is -1.09. The fourth-order valence-corrected chi connectivity index (χ4v) is 2.68. The topological polar surface area (TPSA) is 92.8 Å². The molecule has 1 atom stereocenters. The Hall–Kier alpha value is -3.14. The van der Waals surface area contributed by atoms with Gasteiger partial charge in [-0.2, -0.15) is 0 Å². The van der Waals surface area contributed by atoms with E-state index in [0.717, 1.165) is 4.90 Å². The Morgan fingerprint density at radius 3 is 2.27 bits per heavy atom. The van der Waals surface area contributed by atoms with E-state index in [1.807, 2.05) is 13.8 Å². The van der Waals surface area contributed by atoms with E-state index < -0.39 is 36.3 Å². The van der Waals surface area contributed by atoms with Gasteiger partial charge in [-0.15, -0.1) is 6.42 Å². The van der Waals surface area contributed by atoms with Crippen LogP contribution in [0.15, 0.2) is 24.3 Å². The molecule has 1 aliphatic heterocycles. The summed E-state index contributed by atoms with van der Waals surface area (Å²) in [5.41, 5.74) is 0.511. The van der Waals surface area contributed by atoms with Gasteiger partial charge in [-0.3, -0.25) is 19.3 Å². The van der Waals surface area contributed by atoms with E-state index in [-0.39, 0.29) is 30.0 Å². The molecule has 3 amide bonds. The first-order valence-electron chi connectivity index (χ1n) is 8.20. The zero-order valence-corrected chi connectivity index (χ0v) is 14.7. The van der Waals surface area contributed by atoms with E-state index >= 15 is 0 Å². The average Bonchev–Trinajstić information content (AvgIpc) is 2.87. The van der Waals surface area contributed by atoms with Crippen molar-refractivity contribution >= 4 is 23.7 Å². The molecule has 0 bridgehead atoms. The first kappa shape index (κ1) is 19.2. The Labute approximate surface area is 151 Å². The highest BCUT2D eigenvalue weighted by atomic mass is 16.5. The number of hydrogen-bond acceptors (Lipinski definition) is 5. The van der Waals surface area contributed by atoms with E-state index in [0.29, 0.717) is 0 Å². The summed E-state index contributed by atoms with van der Waals surface area (Å²) in [6.45, 7) is 3.21. The van der Waals surface area contributed by atoms with Crippen molar-refractivity contribution in [1.82, 2.24) is 10.2 Å². The third kappa shape index (κ3) is 4.09. The highest BCUT2D eigenvalue weighted by Gasteiger charge is 2.43. The number of ether oxygens (including phenoxy) is 1. The maximum atomic E-state index is 12.6. The van der Waals surface area contributed by atoms with E-state index in [4.69, 9.17) is 11.2 Å². The molecule has 7 nitrogen and oxygen atoms in total. The second-order valence-corrected chi connectivity index (χ2v) is 6.26. The maximum Gasteiger partial charge on any atom is 0.329 e. The number of nitrogens with one attached hydrogen (secondary N) is 1. The van der Waals surface area contributed by atoms with Crippen molar-refractivity contribution in [2.75, 3.05) is 13.2 Å². The third-order valence-electron chi connectivity index (χ3n) is 3.84. The van der Waals surface area contributed by atoms with Crippen molar-refractivity contribution < 1.29 is 23.9 Å². The lowest BCUT2D eigenvalue weighted by Gasteiger charge is -2.25. The summed E-state index contributed by atoms with van der Waals surface area (Å²) >= 11 is 0. The van der Waals surface area contributed by atoms with Crippen LogP contribution in [0.3, 0.4) is 0 Å². The average molecular weight is 356 g/mol. The molecular weight excluding hydrogens is 336 g/mol. The molecule has 0 aromatic heterocycles. The van der Waals surface area contributed by atoms with Gasteiger partial charge in [0.25, 0.3) is 17.7 Å². The predicted molar refractivity (Wildman–Crippen MR) is 93.0 cm³/mol. The summed E-state index contributed by atoms with van der Waals surface area (Å²) in [6, 6.07) is 5.29. The lowest BCUT2D eigenvalue weighted by Crippen LogP contribution is -2.47. The Kier molecular flexibility index (Phi) is 6.12. The van der Waals surface area contributed by atoms with E-state index in [2.05, 4.69) is 11.2 Å². The molecule has 136 valence electrons. The molecule has 0 spiro atoms. The number of terminal acetylenes is 1. The first-order chi connectivity index (χ1) is 12.4. The van der Waals surface area contributed by atoms with Crippen LogP contribution in [-0.4, -0.2) is 47.8 Å². The Balaban J connectivity index is 2.16. The van der Waals surface area contributed by atoms with Crippen LogP contribution in [0.5, 0.6) is 0 Å². The second kappa shape index (κ2) is 8.30. The molecule has 7 heteroatoms. The molecule has 0 saturated heterocycles. The molecule has 1 aliphatic rings. The zero-order valence-electron chi connectivity index (χ0n) is 14.7. The summed E-state index contributed by atoms with van der Waals surface area (Å²) in [7, 11) is 0. The lowest BCUT2D eigenvalue weighted by atomic mass is 10.0. The highest BCUT2D eigenvalue weighted by Crippen LogP contribution is 2.27. The molecule has 2 rings (SSSR count). The van der Waals surface area contributed by atoms with Crippen molar-refractivity contribution in [2.24, 2.45) is 5.92 Å². The van der Waals surface area contributed by atoms with Gasteiger partial charge in [0.05, 0.1) is 17.7 Å². The molecule has 1 N–H and O–H groups in total. The second-order valence-electron chi connectivity index (χ2n) is 6.26. The number of hydrogen-bond donors (Lipinski definition) is 1. The standard InChI is InChI=1S/C19H20N2O5/c1-4-9-20-16(22)11-26-19(25)15(10-12(2)3)21-17(23)13-7-5-6-8-14(13)18(21)24/h1,5-8,12,15H,9-11H2,2-3H3,(H,20,22)/t15-/m1/s1. The van der Waals surface area contributed by atoms with Crippen molar-refractivity contribution in [3.63, 3.8) is 0 Å². The molecule has 0 aliphatic carbocycles. The Bertz CT molecular complexity index is 743. The van der Waals surface area contributed by atoms with Gasteiger partial charge in [0.1, 0.15) is 6.04 Å². The van der Waals surface area contributed by atoms with Crippen LogP contribution in [0.25, 0.3) is 0 Å². The number of benzene rings is 1. The SMILES string of the molecule is C#CCNC(=O)COC(=O)[C@@H](CC(C)C)N1C(=O)c2ccccc2C1=O. The molecular formula is C19H20N2O5. The number of nitrogens with zero attached hydrogens (tertiary/aromatic N) is 1. The number of carbonyl (C=O) groups excluding carboxylic acids is 4. The van der Waals surface area contributed by atoms with Gasteiger partial charge in [-0.25, -0.2) is 4.79 Å². The summed E-state index contributed by atoms with van der Waals surface area (Å²) in [6.07, 6.45) is 5.27. The largest absolute Gasteiger partial charge is 0.454 e. The van der Waals surface area contributed by atoms with Crippen LogP contribution in [0.4, 0.5) is 0 Å². The van der Waals surface area contributed by atoms with Gasteiger partial charge >= 0.3 is 5.97 Å². The minimum Gasteiger partial charge on any atom is -0.454 e. The number of amides is 3. The molecule has 0 radical (unpaired) electrons. The van der Waals surface area contributed by atoms with Crippen LogP contribution < -0.4 is 5.32 Å². The quantitative estimate of drug-likeness (QED) is 0.447. The number of rotatable bonds is 7. The van der Waals surface area contributed by atoms with Crippen LogP contribution in [0.2, 0.25) is 0 Å². The number of imide groups is 1. The molecule has 1 aromatic rings. The van der Waals surface area contributed by atoms with Crippen molar-refractivity contribution in [3.05, 3.63) is 35.4 Å². The Morgan fingerprint density at radius 1 is 1.19 bits per heavy atom. The van der Waals surface area contributed by atoms with Gasteiger partial charge in [0.15, 0.2) is 6.61 Å². The summed E-state index contributed by atoms with van der Waals surface area (Å²) in [5.74, 6) is -0.178. The van der Waals surface area contributed by atoms with E-state index in [9.17, 15) is 19.2 Å². The van der Waals surface area contributed by atoms with E-state index in [1.54, 1.807) is 24.3 Å².